The maximum Gasteiger partial charge on any atom is 0.277 e. The van der Waals surface area contributed by atoms with Crippen LogP contribution in [0.5, 0.6) is 0 Å². The van der Waals surface area contributed by atoms with Crippen molar-refractivity contribution in [3.63, 3.8) is 0 Å². The number of amides is 1. The molecular formula is C20H23BFN7OS. The van der Waals surface area contributed by atoms with Crippen molar-refractivity contribution in [2.45, 2.75) is 25.3 Å². The average molecular weight is 439 g/mol. The second-order valence-corrected chi connectivity index (χ2v) is 8.64. The maximum atomic E-state index is 14.2. The second kappa shape index (κ2) is 8.68. The zero-order valence-corrected chi connectivity index (χ0v) is 18.0. The number of anilines is 3. The number of nitrogens with two attached hydrogens (primary N) is 2. The van der Waals surface area contributed by atoms with Crippen molar-refractivity contribution in [3.8, 4) is 10.6 Å². The summed E-state index contributed by atoms with van der Waals surface area (Å²) >= 11 is 1.03. The van der Waals surface area contributed by atoms with E-state index in [4.69, 9.17) is 19.3 Å². The Morgan fingerprint density at radius 2 is 2.16 bits per heavy atom. The second-order valence-electron chi connectivity index (χ2n) is 7.61. The number of nitrogens with zero attached hydrogens (tertiary/aromatic N) is 4. The smallest absolute Gasteiger partial charge is 0.277 e. The van der Waals surface area contributed by atoms with Gasteiger partial charge in [-0.2, -0.15) is 5.10 Å². The van der Waals surface area contributed by atoms with E-state index in [1.54, 1.807) is 10.9 Å². The molecule has 5 N–H and O–H groups in total. The molecule has 1 aliphatic heterocycles. The van der Waals surface area contributed by atoms with E-state index in [1.807, 2.05) is 7.05 Å². The molecule has 2 aromatic heterocycles. The summed E-state index contributed by atoms with van der Waals surface area (Å²) in [4.78, 5) is 19.4. The highest BCUT2D eigenvalue weighted by molar-refractivity contribution is 7.19. The number of nitrogens with one attached hydrogen (secondary N) is 1. The lowest BCUT2D eigenvalue weighted by molar-refractivity contribution is 0.102. The minimum Gasteiger partial charge on any atom is -0.389 e. The van der Waals surface area contributed by atoms with Gasteiger partial charge < -0.3 is 21.7 Å². The summed E-state index contributed by atoms with van der Waals surface area (Å²) in [5, 5.41) is 7.65. The average Bonchev–Trinajstić information content (AvgIpc) is 3.21. The fourth-order valence-electron chi connectivity index (χ4n) is 3.73. The van der Waals surface area contributed by atoms with Gasteiger partial charge in [0.05, 0.1) is 6.20 Å². The first-order valence-corrected chi connectivity index (χ1v) is 10.8. The highest BCUT2D eigenvalue weighted by Crippen LogP contribution is 2.33. The molecule has 0 unspecified atom stereocenters. The molecule has 0 saturated carbocycles. The predicted molar refractivity (Wildman–Crippen MR) is 123 cm³/mol. The van der Waals surface area contributed by atoms with Crippen LogP contribution in [-0.4, -0.2) is 47.6 Å². The molecule has 0 spiro atoms. The van der Waals surface area contributed by atoms with E-state index in [2.05, 4.69) is 20.3 Å². The van der Waals surface area contributed by atoms with Gasteiger partial charge in [0.1, 0.15) is 29.4 Å². The highest BCUT2D eigenvalue weighted by atomic mass is 32.1. The fraction of sp³-hybridized carbons (Fsp3) is 0.350. The molecule has 3 aromatic rings. The van der Waals surface area contributed by atoms with Gasteiger partial charge in [0, 0.05) is 31.7 Å². The maximum absolute atomic E-state index is 14.2. The number of carbonyl (C=O) groups excluding carboxylic acids is 1. The minimum atomic E-state index is -0.483. The molecule has 1 amide bonds. The number of halogens is 1. The van der Waals surface area contributed by atoms with Gasteiger partial charge in [-0.25, -0.2) is 9.37 Å². The lowest BCUT2D eigenvalue weighted by Crippen LogP contribution is -2.29. The van der Waals surface area contributed by atoms with Crippen molar-refractivity contribution in [1.29, 1.82) is 0 Å². The summed E-state index contributed by atoms with van der Waals surface area (Å²) in [5.74, 6) is -0.160. The fourth-order valence-corrected chi connectivity index (χ4v) is 4.57. The summed E-state index contributed by atoms with van der Waals surface area (Å²) in [5.41, 5.74) is 13.3. The SMILES string of the molecule is [B]c1ccc(F)c(-c2nc(C(=O)Nc3cnn(C)c3N3CCC[C@@H](N)CC3)c(N)s2)c1. The van der Waals surface area contributed by atoms with E-state index >= 15 is 0 Å². The van der Waals surface area contributed by atoms with Crippen molar-refractivity contribution in [3.05, 3.63) is 35.9 Å². The van der Waals surface area contributed by atoms with Crippen LogP contribution in [-0.2, 0) is 7.05 Å². The molecular weight excluding hydrogens is 416 g/mol. The van der Waals surface area contributed by atoms with Crippen molar-refractivity contribution < 1.29 is 9.18 Å². The standard InChI is InChI=1S/C20H23BFN7OS/c1-28-20(29-7-2-3-12(23)6-8-29)15(10-25-28)26-18(30)16-17(24)31-19(27-16)13-9-11(21)4-5-14(13)22/h4-5,9-10,12H,2-3,6-8,23-24H2,1H3,(H,26,30)/t12-/m1/s1. The topological polar surface area (TPSA) is 115 Å². The van der Waals surface area contributed by atoms with Gasteiger partial charge in [0.2, 0.25) is 0 Å². The van der Waals surface area contributed by atoms with E-state index in [9.17, 15) is 9.18 Å². The minimum absolute atomic E-state index is 0.0366. The van der Waals surface area contributed by atoms with Crippen molar-refractivity contribution >= 4 is 47.1 Å². The lowest BCUT2D eigenvalue weighted by atomic mass is 9.94. The molecule has 0 aliphatic carbocycles. The van der Waals surface area contributed by atoms with Gasteiger partial charge in [-0.3, -0.25) is 9.48 Å². The lowest BCUT2D eigenvalue weighted by Gasteiger charge is -2.24. The van der Waals surface area contributed by atoms with Gasteiger partial charge in [0.15, 0.2) is 11.5 Å². The van der Waals surface area contributed by atoms with Gasteiger partial charge in [0.25, 0.3) is 5.91 Å². The molecule has 0 bridgehead atoms. The third-order valence-corrected chi connectivity index (χ3v) is 6.24. The van der Waals surface area contributed by atoms with Gasteiger partial charge >= 0.3 is 0 Å². The Morgan fingerprint density at radius 3 is 2.97 bits per heavy atom. The Balaban J connectivity index is 1.59. The van der Waals surface area contributed by atoms with E-state index in [1.165, 1.54) is 18.2 Å². The third-order valence-electron chi connectivity index (χ3n) is 5.32. The van der Waals surface area contributed by atoms with Crippen molar-refractivity contribution in [2.24, 2.45) is 12.8 Å². The van der Waals surface area contributed by atoms with Crippen LogP contribution in [0.4, 0.5) is 20.9 Å². The number of carbonyl (C=O) groups is 1. The quantitative estimate of drug-likeness (QED) is 0.533. The van der Waals surface area contributed by atoms with Crippen LogP contribution in [0.1, 0.15) is 29.8 Å². The Bertz CT molecular complexity index is 1120. The molecule has 1 aromatic carbocycles. The molecule has 31 heavy (non-hydrogen) atoms. The highest BCUT2D eigenvalue weighted by Gasteiger charge is 2.24. The van der Waals surface area contributed by atoms with Crippen molar-refractivity contribution in [1.82, 2.24) is 14.8 Å². The first-order valence-electron chi connectivity index (χ1n) is 9.99. The molecule has 3 heterocycles. The molecule has 4 rings (SSSR count). The first-order chi connectivity index (χ1) is 14.8. The Morgan fingerprint density at radius 1 is 1.35 bits per heavy atom. The van der Waals surface area contributed by atoms with Gasteiger partial charge in [-0.1, -0.05) is 28.9 Å². The third kappa shape index (κ3) is 4.42. The number of benzene rings is 1. The van der Waals surface area contributed by atoms with Crippen LogP contribution in [0.25, 0.3) is 10.6 Å². The van der Waals surface area contributed by atoms with Crippen LogP contribution >= 0.6 is 11.3 Å². The molecule has 8 nitrogen and oxygen atoms in total. The van der Waals surface area contributed by atoms with E-state index in [0.717, 1.165) is 49.5 Å². The summed E-state index contributed by atoms with van der Waals surface area (Å²) in [6.45, 7) is 1.61. The van der Waals surface area contributed by atoms with Crippen LogP contribution in [0.2, 0.25) is 0 Å². The summed E-state index contributed by atoms with van der Waals surface area (Å²) in [6, 6.07) is 4.37. The van der Waals surface area contributed by atoms with Crippen LogP contribution < -0.4 is 27.1 Å². The number of nitrogen functional groups attached to an aromatic ring is 1. The number of hydrogen-bond acceptors (Lipinski definition) is 7. The Kier molecular flexibility index (Phi) is 5.97. The number of aryl methyl sites for hydroxylation is 1. The van der Waals surface area contributed by atoms with Crippen LogP contribution in [0.15, 0.2) is 24.4 Å². The van der Waals surface area contributed by atoms with E-state index in [-0.39, 0.29) is 22.3 Å². The van der Waals surface area contributed by atoms with Crippen molar-refractivity contribution in [2.75, 3.05) is 29.0 Å². The predicted octanol–water partition coefficient (Wildman–Crippen LogP) is 1.63. The summed E-state index contributed by atoms with van der Waals surface area (Å²) < 4.78 is 15.9. The van der Waals surface area contributed by atoms with E-state index in [0.29, 0.717) is 16.2 Å². The molecule has 1 saturated heterocycles. The Labute approximate surface area is 184 Å². The zero-order chi connectivity index (χ0) is 22.1. The number of rotatable bonds is 4. The van der Waals surface area contributed by atoms with E-state index < -0.39 is 11.7 Å². The zero-order valence-electron chi connectivity index (χ0n) is 17.1. The molecule has 2 radical (unpaired) electrons. The monoisotopic (exact) mass is 439 g/mol. The van der Waals surface area contributed by atoms with Crippen LogP contribution in [0.3, 0.4) is 0 Å². The summed E-state index contributed by atoms with van der Waals surface area (Å²) in [7, 11) is 7.59. The first kappa shape index (κ1) is 21.3. The molecule has 1 aliphatic rings. The number of aromatic nitrogens is 3. The molecule has 160 valence electrons. The van der Waals surface area contributed by atoms with Crippen LogP contribution in [0, 0.1) is 5.82 Å². The van der Waals surface area contributed by atoms with Gasteiger partial charge in [-0.05, 0) is 25.3 Å². The largest absolute Gasteiger partial charge is 0.389 e. The van der Waals surface area contributed by atoms with Gasteiger partial charge in [-0.15, -0.1) is 0 Å². The molecule has 1 fully saturated rings. The normalized spacial score (nSPS) is 16.9. The summed E-state index contributed by atoms with van der Waals surface area (Å²) in [6.07, 6.45) is 4.40. The Hall–Kier alpha value is -2.92. The molecule has 11 heteroatoms. The molecule has 1 atom stereocenters. The number of hydrogen-bond donors (Lipinski definition) is 3. The number of thiazole rings is 1.